The number of hydrogen-bond donors (Lipinski definition) is 3. The van der Waals surface area contributed by atoms with Crippen LogP contribution >= 0.6 is 0 Å². The zero-order valence-electron chi connectivity index (χ0n) is 18.2. The van der Waals surface area contributed by atoms with Crippen LogP contribution in [0.3, 0.4) is 0 Å². The molecule has 1 aliphatic rings. The Kier molecular flexibility index (Phi) is 7.74. The number of carboxylic acid groups (broad SMARTS) is 1. The summed E-state index contributed by atoms with van der Waals surface area (Å²) in [6, 6.07) is -0.605. The first-order chi connectivity index (χ1) is 12.6. The summed E-state index contributed by atoms with van der Waals surface area (Å²) in [5.74, 6) is -1.76. The molecule has 0 spiro atoms. The zero-order chi connectivity index (χ0) is 21.8. The van der Waals surface area contributed by atoms with Crippen LogP contribution < -0.4 is 10.6 Å². The van der Waals surface area contributed by atoms with Crippen molar-refractivity contribution in [2.24, 2.45) is 11.3 Å². The van der Waals surface area contributed by atoms with E-state index >= 15 is 0 Å². The quantitative estimate of drug-likeness (QED) is 0.600. The average molecular weight is 401 g/mol. The second-order valence-corrected chi connectivity index (χ2v) is 9.79. The maximum Gasteiger partial charge on any atom is 0.407 e. The lowest BCUT2D eigenvalue weighted by molar-refractivity contribution is -0.144. The van der Waals surface area contributed by atoms with Gasteiger partial charge in [0.05, 0.1) is 5.92 Å². The monoisotopic (exact) mass is 400 g/mol. The predicted molar refractivity (Wildman–Crippen MR) is 105 cm³/mol. The minimum atomic E-state index is -0.980. The average Bonchev–Trinajstić information content (AvgIpc) is 2.40. The number of hydrogen-bond acceptors (Lipinski definition) is 5. The van der Waals surface area contributed by atoms with Crippen molar-refractivity contribution < 1.29 is 29.0 Å². The Morgan fingerprint density at radius 2 is 1.50 bits per heavy atom. The molecule has 1 unspecified atom stereocenters. The Balaban J connectivity index is 2.70. The molecule has 3 N–H and O–H groups in total. The van der Waals surface area contributed by atoms with Crippen LogP contribution in [0.25, 0.3) is 0 Å². The molecule has 162 valence electrons. The molecule has 8 heteroatoms. The smallest absolute Gasteiger partial charge is 0.407 e. The van der Waals surface area contributed by atoms with Crippen molar-refractivity contribution in [2.75, 3.05) is 6.54 Å². The van der Waals surface area contributed by atoms with Crippen molar-refractivity contribution in [1.82, 2.24) is 10.6 Å². The van der Waals surface area contributed by atoms with E-state index in [1.54, 1.807) is 48.5 Å². The van der Waals surface area contributed by atoms with Gasteiger partial charge in [-0.05, 0) is 73.1 Å². The van der Waals surface area contributed by atoms with Crippen molar-refractivity contribution in [2.45, 2.75) is 91.4 Å². The number of aliphatic carboxylic acids is 1. The lowest BCUT2D eigenvalue weighted by Gasteiger charge is -2.44. The fraction of sp³-hybridized carbons (Fsp3) is 0.850. The predicted octanol–water partition coefficient (Wildman–Crippen LogP) is 3.69. The summed E-state index contributed by atoms with van der Waals surface area (Å²) in [5.41, 5.74) is -1.55. The molecule has 28 heavy (non-hydrogen) atoms. The third-order valence-electron chi connectivity index (χ3n) is 4.74. The maximum absolute atomic E-state index is 12.0. The molecule has 0 saturated heterocycles. The van der Waals surface area contributed by atoms with E-state index in [2.05, 4.69) is 10.6 Å². The molecule has 0 aromatic heterocycles. The highest BCUT2D eigenvalue weighted by atomic mass is 16.6. The van der Waals surface area contributed by atoms with Gasteiger partial charge in [0.25, 0.3) is 0 Å². The van der Waals surface area contributed by atoms with Crippen LogP contribution in [-0.2, 0) is 14.3 Å². The minimum Gasteiger partial charge on any atom is -0.481 e. The summed E-state index contributed by atoms with van der Waals surface area (Å²) >= 11 is 0. The summed E-state index contributed by atoms with van der Waals surface area (Å²) in [5, 5.41) is 15.1. The van der Waals surface area contributed by atoms with Gasteiger partial charge in [-0.1, -0.05) is 6.42 Å². The SMILES string of the molecule is C[C@@H](NC(=O)OC(C)(C)C)C(CC1(CNC(=O)OC(C)(C)C)CCC1)C(=O)O. The van der Waals surface area contributed by atoms with E-state index in [-0.39, 0.29) is 5.41 Å². The van der Waals surface area contributed by atoms with Gasteiger partial charge >= 0.3 is 18.2 Å². The molecule has 0 radical (unpaired) electrons. The first-order valence-electron chi connectivity index (χ1n) is 9.82. The van der Waals surface area contributed by atoms with Gasteiger partial charge in [-0.15, -0.1) is 0 Å². The van der Waals surface area contributed by atoms with E-state index in [1.165, 1.54) is 0 Å². The molecule has 2 atom stereocenters. The summed E-state index contributed by atoms with van der Waals surface area (Å²) in [4.78, 5) is 35.8. The van der Waals surface area contributed by atoms with Gasteiger partial charge in [-0.3, -0.25) is 4.79 Å². The van der Waals surface area contributed by atoms with Crippen LogP contribution in [0.15, 0.2) is 0 Å². The van der Waals surface area contributed by atoms with E-state index in [1.807, 2.05) is 0 Å². The van der Waals surface area contributed by atoms with Crippen molar-refractivity contribution in [1.29, 1.82) is 0 Å². The van der Waals surface area contributed by atoms with E-state index in [0.29, 0.717) is 13.0 Å². The minimum absolute atomic E-state index is 0.302. The Morgan fingerprint density at radius 3 is 1.89 bits per heavy atom. The number of rotatable bonds is 7. The molecule has 1 fully saturated rings. The summed E-state index contributed by atoms with van der Waals surface area (Å²) in [6.07, 6.45) is 1.84. The highest BCUT2D eigenvalue weighted by Gasteiger charge is 2.43. The fourth-order valence-corrected chi connectivity index (χ4v) is 3.24. The molecule has 0 aromatic rings. The van der Waals surface area contributed by atoms with Gasteiger partial charge in [-0.2, -0.15) is 0 Å². The zero-order valence-corrected chi connectivity index (χ0v) is 18.2. The van der Waals surface area contributed by atoms with Crippen LogP contribution in [0.2, 0.25) is 0 Å². The van der Waals surface area contributed by atoms with Gasteiger partial charge < -0.3 is 25.2 Å². The van der Waals surface area contributed by atoms with Crippen LogP contribution in [-0.4, -0.2) is 47.1 Å². The first-order valence-corrected chi connectivity index (χ1v) is 9.82. The summed E-state index contributed by atoms with van der Waals surface area (Å²) < 4.78 is 10.5. The molecule has 1 saturated carbocycles. The fourth-order valence-electron chi connectivity index (χ4n) is 3.24. The van der Waals surface area contributed by atoms with Crippen molar-refractivity contribution in [3.8, 4) is 0 Å². The Labute approximate surface area is 167 Å². The number of carbonyl (C=O) groups excluding carboxylic acids is 2. The van der Waals surface area contributed by atoms with E-state index < -0.39 is 41.3 Å². The highest BCUT2D eigenvalue weighted by molar-refractivity contribution is 5.73. The molecule has 0 aliphatic heterocycles. The molecular weight excluding hydrogens is 364 g/mol. The molecule has 1 rings (SSSR count). The Morgan fingerprint density at radius 1 is 1.00 bits per heavy atom. The van der Waals surface area contributed by atoms with Crippen molar-refractivity contribution in [3.05, 3.63) is 0 Å². The van der Waals surface area contributed by atoms with Crippen LogP contribution in [0.1, 0.15) is 74.1 Å². The molecule has 8 nitrogen and oxygen atoms in total. The molecule has 1 aliphatic carbocycles. The molecule has 2 amide bonds. The molecule has 0 aromatic carbocycles. The summed E-state index contributed by atoms with van der Waals surface area (Å²) in [7, 11) is 0. The molecular formula is C20H36N2O6. The first kappa shape index (κ1) is 24.0. The van der Waals surface area contributed by atoms with E-state index in [9.17, 15) is 19.5 Å². The largest absolute Gasteiger partial charge is 0.481 e. The normalized spacial score (nSPS) is 18.2. The number of ether oxygens (including phenoxy) is 2. The van der Waals surface area contributed by atoms with Gasteiger partial charge in [0.2, 0.25) is 0 Å². The van der Waals surface area contributed by atoms with Crippen LogP contribution in [0.4, 0.5) is 9.59 Å². The molecule has 0 heterocycles. The van der Waals surface area contributed by atoms with E-state index in [0.717, 1.165) is 19.3 Å². The second-order valence-electron chi connectivity index (χ2n) is 9.79. The summed E-state index contributed by atoms with van der Waals surface area (Å²) in [6.45, 7) is 12.6. The number of amides is 2. The van der Waals surface area contributed by atoms with Gasteiger partial charge in [0.15, 0.2) is 0 Å². The van der Waals surface area contributed by atoms with Gasteiger partial charge in [0, 0.05) is 12.6 Å². The van der Waals surface area contributed by atoms with Gasteiger partial charge in [-0.25, -0.2) is 9.59 Å². The van der Waals surface area contributed by atoms with Crippen LogP contribution in [0, 0.1) is 11.3 Å². The van der Waals surface area contributed by atoms with Crippen LogP contribution in [0.5, 0.6) is 0 Å². The Bertz CT molecular complexity index is 572. The standard InChI is InChI=1S/C20H36N2O6/c1-13(22-17(26)28-19(5,6)7)14(15(23)24)11-20(9-8-10-20)12-21-16(25)27-18(2,3)4/h13-14H,8-12H2,1-7H3,(H,21,25)(H,22,26)(H,23,24)/t13-,14?/m1/s1. The second kappa shape index (κ2) is 9.01. The number of carboxylic acids is 1. The highest BCUT2D eigenvalue weighted by Crippen LogP contribution is 2.46. The number of carbonyl (C=O) groups is 3. The topological polar surface area (TPSA) is 114 Å². The third-order valence-corrected chi connectivity index (χ3v) is 4.74. The lowest BCUT2D eigenvalue weighted by Crippen LogP contribution is -2.49. The van der Waals surface area contributed by atoms with Crippen molar-refractivity contribution >= 4 is 18.2 Å². The Hall–Kier alpha value is -1.99. The maximum atomic E-state index is 12.0. The lowest BCUT2D eigenvalue weighted by atomic mass is 9.63. The molecule has 0 bridgehead atoms. The van der Waals surface area contributed by atoms with Gasteiger partial charge in [0.1, 0.15) is 11.2 Å². The van der Waals surface area contributed by atoms with Crippen molar-refractivity contribution in [3.63, 3.8) is 0 Å². The number of nitrogens with one attached hydrogen (secondary N) is 2. The van der Waals surface area contributed by atoms with E-state index in [4.69, 9.17) is 9.47 Å². The third kappa shape index (κ3) is 8.35. The number of alkyl carbamates (subject to hydrolysis) is 2.